The van der Waals surface area contributed by atoms with E-state index in [-0.39, 0.29) is 28.4 Å². The highest BCUT2D eigenvalue weighted by Gasteiger charge is 2.20. The molecule has 2 aromatic carbocycles. The summed E-state index contributed by atoms with van der Waals surface area (Å²) in [5.41, 5.74) is -0.416. The molecular weight excluding hydrogens is 368 g/mol. The van der Waals surface area contributed by atoms with Crippen LogP contribution >= 0.6 is 0 Å². The first-order valence-electron chi connectivity index (χ1n) is 7.94. The molecule has 0 aliphatic heterocycles. The van der Waals surface area contributed by atoms with E-state index in [4.69, 9.17) is 5.11 Å². The van der Waals surface area contributed by atoms with Crippen LogP contribution in [0.3, 0.4) is 0 Å². The highest BCUT2D eigenvalue weighted by atomic mass is 16.4. The highest BCUT2D eigenvalue weighted by Crippen LogP contribution is 2.25. The molecule has 0 saturated carbocycles. The second kappa shape index (κ2) is 8.12. The second-order valence-electron chi connectivity index (χ2n) is 5.82. The van der Waals surface area contributed by atoms with Gasteiger partial charge in [-0.3, -0.25) is 14.4 Å². The Labute approximate surface area is 159 Å². The average Bonchev–Trinajstić information content (AvgIpc) is 2.61. The van der Waals surface area contributed by atoms with E-state index < -0.39 is 34.8 Å². The van der Waals surface area contributed by atoms with Gasteiger partial charge in [0.1, 0.15) is 0 Å². The molecule has 0 bridgehead atoms. The minimum absolute atomic E-state index is 0.0385. The Morgan fingerprint density at radius 2 is 1.18 bits per heavy atom. The summed E-state index contributed by atoms with van der Waals surface area (Å²) < 4.78 is 0. The molecule has 144 valence electrons. The first-order valence-corrected chi connectivity index (χ1v) is 7.94. The number of hydrogen-bond donors (Lipinski definition) is 4. The van der Waals surface area contributed by atoms with E-state index in [0.717, 1.165) is 12.1 Å². The first kappa shape index (κ1) is 20.3. The van der Waals surface area contributed by atoms with Crippen LogP contribution in [-0.2, 0) is 9.59 Å². The maximum Gasteiger partial charge on any atom is 0.336 e. The van der Waals surface area contributed by atoms with Crippen molar-refractivity contribution in [3.8, 4) is 0 Å². The maximum absolute atomic E-state index is 12.7. The van der Waals surface area contributed by atoms with Gasteiger partial charge in [-0.25, -0.2) is 9.59 Å². The number of carboxylic acid groups (broad SMARTS) is 2. The number of anilines is 2. The molecule has 4 N–H and O–H groups in total. The molecule has 0 fully saturated rings. The van der Waals surface area contributed by atoms with E-state index in [1.807, 2.05) is 0 Å². The van der Waals surface area contributed by atoms with Crippen LogP contribution in [0.2, 0.25) is 0 Å². The number of aromatic carboxylic acids is 2. The topological polar surface area (TPSA) is 150 Å². The van der Waals surface area contributed by atoms with Crippen LogP contribution in [0.4, 0.5) is 11.4 Å². The molecule has 0 radical (unpaired) electrons. The number of rotatable bonds is 6. The third-order valence-corrected chi connectivity index (χ3v) is 3.65. The predicted molar refractivity (Wildman–Crippen MR) is 98.8 cm³/mol. The molecule has 0 unspecified atom stereocenters. The van der Waals surface area contributed by atoms with Crippen molar-refractivity contribution in [3.63, 3.8) is 0 Å². The van der Waals surface area contributed by atoms with Crippen molar-refractivity contribution in [3.05, 3.63) is 58.7 Å². The Balaban J connectivity index is 2.50. The van der Waals surface area contributed by atoms with Gasteiger partial charge in [-0.05, 0) is 30.3 Å². The zero-order valence-corrected chi connectivity index (χ0v) is 14.9. The van der Waals surface area contributed by atoms with Gasteiger partial charge < -0.3 is 20.8 Å². The molecule has 0 spiro atoms. The summed E-state index contributed by atoms with van der Waals surface area (Å²) >= 11 is 0. The Morgan fingerprint density at radius 3 is 1.71 bits per heavy atom. The number of carboxylic acids is 2. The summed E-state index contributed by atoms with van der Waals surface area (Å²) in [6.07, 6.45) is 0. The van der Waals surface area contributed by atoms with E-state index in [0.29, 0.717) is 0 Å². The molecule has 2 amide bonds. The number of benzene rings is 2. The molecule has 9 nitrogen and oxygen atoms in total. The summed E-state index contributed by atoms with van der Waals surface area (Å²) in [5, 5.41) is 23.3. The van der Waals surface area contributed by atoms with Crippen molar-refractivity contribution in [2.24, 2.45) is 0 Å². The number of carbonyl (C=O) groups excluding carboxylic acids is 3. The quantitative estimate of drug-likeness (QED) is 0.558. The van der Waals surface area contributed by atoms with Crippen molar-refractivity contribution in [1.82, 2.24) is 0 Å². The molecule has 0 aliphatic rings. The average molecular weight is 384 g/mol. The molecule has 0 heterocycles. The van der Waals surface area contributed by atoms with Crippen molar-refractivity contribution in [1.29, 1.82) is 0 Å². The third kappa shape index (κ3) is 4.58. The van der Waals surface area contributed by atoms with Crippen LogP contribution in [0.15, 0.2) is 36.4 Å². The molecule has 28 heavy (non-hydrogen) atoms. The van der Waals surface area contributed by atoms with Crippen LogP contribution in [0, 0.1) is 0 Å². The molecular formula is C19H16N2O7. The number of nitrogens with one attached hydrogen (secondary N) is 2. The van der Waals surface area contributed by atoms with Crippen LogP contribution in [0.1, 0.15) is 50.5 Å². The number of hydrogen-bond acceptors (Lipinski definition) is 5. The fourth-order valence-corrected chi connectivity index (χ4v) is 2.49. The lowest BCUT2D eigenvalue weighted by Gasteiger charge is -2.12. The standard InChI is InChI=1S/C19H16N2O7/c1-9(22)20-15-6-4-12(8-16(15)21-10(2)23)17(24)11-3-5-13(18(25)26)14(7-11)19(27)28/h3-8H,1-2H3,(H,20,22)(H,21,23)(H,25,26)(H,27,28). The number of ketones is 1. The molecule has 2 aromatic rings. The molecule has 0 atom stereocenters. The SMILES string of the molecule is CC(=O)Nc1ccc(C(=O)c2ccc(C(=O)O)c(C(=O)O)c2)cc1NC(C)=O. The van der Waals surface area contributed by atoms with E-state index in [1.54, 1.807) is 0 Å². The van der Waals surface area contributed by atoms with Crippen LogP contribution in [0.25, 0.3) is 0 Å². The highest BCUT2D eigenvalue weighted by molar-refractivity contribution is 6.13. The smallest absolute Gasteiger partial charge is 0.336 e. The van der Waals surface area contributed by atoms with Gasteiger partial charge in [-0.1, -0.05) is 6.07 Å². The lowest BCUT2D eigenvalue weighted by molar-refractivity contribution is -0.115. The Morgan fingerprint density at radius 1 is 0.679 bits per heavy atom. The van der Waals surface area contributed by atoms with Crippen molar-refractivity contribution < 1.29 is 34.2 Å². The van der Waals surface area contributed by atoms with Gasteiger partial charge in [0.15, 0.2) is 5.78 Å². The Bertz CT molecular complexity index is 1010. The van der Waals surface area contributed by atoms with Crippen molar-refractivity contribution >= 4 is 40.9 Å². The van der Waals surface area contributed by atoms with Gasteiger partial charge in [0.2, 0.25) is 11.8 Å². The zero-order chi connectivity index (χ0) is 21.0. The lowest BCUT2D eigenvalue weighted by Crippen LogP contribution is -2.14. The van der Waals surface area contributed by atoms with Gasteiger partial charge in [-0.2, -0.15) is 0 Å². The van der Waals surface area contributed by atoms with Gasteiger partial charge in [0.05, 0.1) is 22.5 Å². The normalized spacial score (nSPS) is 10.1. The minimum Gasteiger partial charge on any atom is -0.478 e. The number of carbonyl (C=O) groups is 5. The summed E-state index contributed by atoms with van der Waals surface area (Å²) in [7, 11) is 0. The van der Waals surface area contributed by atoms with E-state index in [2.05, 4.69) is 10.6 Å². The van der Waals surface area contributed by atoms with Crippen LogP contribution in [0.5, 0.6) is 0 Å². The van der Waals surface area contributed by atoms with Gasteiger partial charge in [-0.15, -0.1) is 0 Å². The van der Waals surface area contributed by atoms with E-state index in [1.165, 1.54) is 38.1 Å². The van der Waals surface area contributed by atoms with Crippen molar-refractivity contribution in [2.75, 3.05) is 10.6 Å². The van der Waals surface area contributed by atoms with Gasteiger partial charge >= 0.3 is 11.9 Å². The second-order valence-corrected chi connectivity index (χ2v) is 5.82. The molecule has 0 aromatic heterocycles. The first-order chi connectivity index (χ1) is 13.1. The third-order valence-electron chi connectivity index (χ3n) is 3.65. The summed E-state index contributed by atoms with van der Waals surface area (Å²) in [4.78, 5) is 57.8. The Hall–Kier alpha value is -4.01. The predicted octanol–water partition coefficient (Wildman–Crippen LogP) is 2.23. The van der Waals surface area contributed by atoms with E-state index in [9.17, 15) is 29.1 Å². The molecule has 9 heteroatoms. The monoisotopic (exact) mass is 384 g/mol. The Kier molecular flexibility index (Phi) is 5.89. The number of amides is 2. The van der Waals surface area contributed by atoms with Crippen molar-refractivity contribution in [2.45, 2.75) is 13.8 Å². The van der Waals surface area contributed by atoms with Crippen LogP contribution in [-0.4, -0.2) is 39.7 Å². The molecule has 2 rings (SSSR count). The minimum atomic E-state index is -1.48. The van der Waals surface area contributed by atoms with Gasteiger partial charge in [0, 0.05) is 25.0 Å². The van der Waals surface area contributed by atoms with E-state index >= 15 is 0 Å². The maximum atomic E-state index is 12.7. The fourth-order valence-electron chi connectivity index (χ4n) is 2.49. The summed E-state index contributed by atoms with van der Waals surface area (Å²) in [6, 6.07) is 7.38. The molecule has 0 saturated heterocycles. The summed E-state index contributed by atoms with van der Waals surface area (Å²) in [5.74, 6) is -4.28. The molecule has 0 aliphatic carbocycles. The zero-order valence-electron chi connectivity index (χ0n) is 14.9. The largest absolute Gasteiger partial charge is 0.478 e. The fraction of sp³-hybridized carbons (Fsp3) is 0.105. The lowest BCUT2D eigenvalue weighted by atomic mass is 9.97. The van der Waals surface area contributed by atoms with Crippen LogP contribution < -0.4 is 10.6 Å². The summed E-state index contributed by atoms with van der Waals surface area (Å²) in [6.45, 7) is 2.55. The van der Waals surface area contributed by atoms with Gasteiger partial charge in [0.25, 0.3) is 0 Å².